The molecule has 0 aliphatic carbocycles. The van der Waals surface area contributed by atoms with Crippen molar-refractivity contribution < 1.29 is 19.8 Å². The molecule has 1 heterocycles. The summed E-state index contributed by atoms with van der Waals surface area (Å²) in [6.07, 6.45) is -0.329. The van der Waals surface area contributed by atoms with Crippen molar-refractivity contribution >= 4 is 11.7 Å². The van der Waals surface area contributed by atoms with E-state index in [1.165, 1.54) is 6.07 Å². The number of carboxylic acids is 1. The molecule has 0 fully saturated rings. The van der Waals surface area contributed by atoms with Gasteiger partial charge in [-0.25, -0.2) is 4.79 Å². The van der Waals surface area contributed by atoms with Crippen LogP contribution in [-0.4, -0.2) is 21.9 Å². The number of carbonyl (C=O) groups is 1. The summed E-state index contributed by atoms with van der Waals surface area (Å²) in [6, 6.07) is 6.64. The van der Waals surface area contributed by atoms with Crippen molar-refractivity contribution in [2.75, 3.05) is 0 Å². The minimum atomic E-state index is -1.09. The molecule has 1 aliphatic rings. The summed E-state index contributed by atoms with van der Waals surface area (Å²) in [7, 11) is 0. The molecular formula is C10H9NO4. The monoisotopic (exact) mass is 207 g/mol. The lowest BCUT2D eigenvalue weighted by molar-refractivity contribution is -0.129. The first-order valence-corrected chi connectivity index (χ1v) is 4.42. The van der Waals surface area contributed by atoms with Crippen LogP contribution >= 0.6 is 0 Å². The average molecular weight is 207 g/mol. The van der Waals surface area contributed by atoms with Crippen LogP contribution in [-0.2, 0) is 9.63 Å². The van der Waals surface area contributed by atoms with E-state index in [1.807, 2.05) is 0 Å². The Hall–Kier alpha value is -2.04. The highest BCUT2D eigenvalue weighted by Crippen LogP contribution is 2.32. The molecule has 5 nitrogen and oxygen atoms in total. The van der Waals surface area contributed by atoms with Crippen LogP contribution in [0.15, 0.2) is 29.4 Å². The minimum Gasteiger partial charge on any atom is -0.508 e. The lowest BCUT2D eigenvalue weighted by Gasteiger charge is -2.09. The first kappa shape index (κ1) is 9.51. The summed E-state index contributed by atoms with van der Waals surface area (Å²) in [4.78, 5) is 15.5. The van der Waals surface area contributed by atoms with Crippen LogP contribution in [0.25, 0.3) is 0 Å². The number of carboxylic acid groups (broad SMARTS) is 1. The van der Waals surface area contributed by atoms with E-state index < -0.39 is 12.1 Å². The van der Waals surface area contributed by atoms with E-state index in [4.69, 9.17) is 9.94 Å². The van der Waals surface area contributed by atoms with Crippen molar-refractivity contribution in [3.63, 3.8) is 0 Å². The van der Waals surface area contributed by atoms with E-state index in [-0.39, 0.29) is 17.9 Å². The van der Waals surface area contributed by atoms with Gasteiger partial charge < -0.3 is 15.1 Å². The van der Waals surface area contributed by atoms with Crippen LogP contribution in [0.3, 0.4) is 0 Å². The maximum Gasteiger partial charge on any atom is 0.353 e. The van der Waals surface area contributed by atoms with E-state index in [0.717, 1.165) is 0 Å². The molecule has 1 aromatic carbocycles. The Bertz CT molecular complexity index is 427. The molecule has 1 atom stereocenters. The number of hydrogen-bond acceptors (Lipinski definition) is 4. The second-order valence-corrected chi connectivity index (χ2v) is 3.20. The summed E-state index contributed by atoms with van der Waals surface area (Å²) in [5, 5.41) is 21.6. The van der Waals surface area contributed by atoms with Gasteiger partial charge in [0.15, 0.2) is 11.8 Å². The van der Waals surface area contributed by atoms with Gasteiger partial charge in [0, 0.05) is 12.0 Å². The van der Waals surface area contributed by atoms with Crippen molar-refractivity contribution in [3.8, 4) is 5.75 Å². The van der Waals surface area contributed by atoms with E-state index in [2.05, 4.69) is 5.16 Å². The topological polar surface area (TPSA) is 79.1 Å². The molecule has 5 heteroatoms. The molecular weight excluding hydrogens is 198 g/mol. The van der Waals surface area contributed by atoms with Crippen LogP contribution < -0.4 is 0 Å². The van der Waals surface area contributed by atoms with Gasteiger partial charge >= 0.3 is 5.97 Å². The van der Waals surface area contributed by atoms with Gasteiger partial charge in [0.2, 0.25) is 0 Å². The fourth-order valence-corrected chi connectivity index (χ4v) is 1.43. The number of para-hydroxylation sites is 1. The third kappa shape index (κ3) is 1.76. The minimum absolute atomic E-state index is 0.0248. The van der Waals surface area contributed by atoms with Gasteiger partial charge in [0.25, 0.3) is 0 Å². The molecule has 0 radical (unpaired) electrons. The van der Waals surface area contributed by atoms with Crippen LogP contribution in [0.2, 0.25) is 0 Å². The number of phenols is 1. The van der Waals surface area contributed by atoms with Crippen LogP contribution in [0.5, 0.6) is 5.75 Å². The molecule has 0 bridgehead atoms. The fraction of sp³-hybridized carbons (Fsp3) is 0.200. The van der Waals surface area contributed by atoms with Crippen molar-refractivity contribution in [1.29, 1.82) is 0 Å². The predicted molar refractivity (Wildman–Crippen MR) is 51.6 cm³/mol. The molecule has 0 saturated heterocycles. The molecule has 1 aliphatic heterocycles. The number of nitrogens with zero attached hydrogens (tertiary/aromatic N) is 1. The van der Waals surface area contributed by atoms with Gasteiger partial charge in [-0.2, -0.15) is 0 Å². The highest BCUT2D eigenvalue weighted by molar-refractivity contribution is 6.35. The Labute approximate surface area is 85.6 Å². The summed E-state index contributed by atoms with van der Waals surface area (Å²) in [6.45, 7) is 0. The van der Waals surface area contributed by atoms with E-state index in [9.17, 15) is 9.90 Å². The smallest absolute Gasteiger partial charge is 0.353 e. The number of hydrogen-bond donors (Lipinski definition) is 2. The first-order chi connectivity index (χ1) is 7.18. The molecule has 15 heavy (non-hydrogen) atoms. The highest BCUT2D eigenvalue weighted by atomic mass is 16.6. The molecule has 1 unspecified atom stereocenters. The van der Waals surface area contributed by atoms with E-state index in [1.54, 1.807) is 18.2 Å². The molecule has 0 spiro atoms. The molecule has 2 N–H and O–H groups in total. The van der Waals surface area contributed by atoms with Crippen molar-refractivity contribution in [1.82, 2.24) is 0 Å². The quantitative estimate of drug-likeness (QED) is 0.765. The van der Waals surface area contributed by atoms with E-state index >= 15 is 0 Å². The standard InChI is InChI=1S/C10H9NO4/c12-8-4-2-1-3-6(8)9-5-7(10(13)14)11-15-9/h1-4,9,12H,5H2,(H,13,14). The van der Waals surface area contributed by atoms with Gasteiger partial charge in [0.1, 0.15) is 5.75 Å². The molecule has 0 aromatic heterocycles. The maximum atomic E-state index is 10.6. The molecule has 1 aromatic rings. The highest BCUT2D eigenvalue weighted by Gasteiger charge is 2.28. The summed E-state index contributed by atoms with van der Waals surface area (Å²) >= 11 is 0. The van der Waals surface area contributed by atoms with Crippen molar-refractivity contribution in [2.45, 2.75) is 12.5 Å². The number of oxime groups is 1. The number of phenolic OH excluding ortho intramolecular Hbond substituents is 1. The summed E-state index contributed by atoms with van der Waals surface area (Å²) in [5.41, 5.74) is 0.528. The lowest BCUT2D eigenvalue weighted by Crippen LogP contribution is -2.11. The maximum absolute atomic E-state index is 10.6. The molecule has 78 valence electrons. The molecule has 0 amide bonds. The fourth-order valence-electron chi connectivity index (χ4n) is 1.43. The van der Waals surface area contributed by atoms with E-state index in [0.29, 0.717) is 5.56 Å². The second-order valence-electron chi connectivity index (χ2n) is 3.20. The number of benzene rings is 1. The number of rotatable bonds is 2. The average Bonchev–Trinajstić information content (AvgIpc) is 2.67. The van der Waals surface area contributed by atoms with Crippen LogP contribution in [0.4, 0.5) is 0 Å². The Morgan fingerprint density at radius 3 is 2.80 bits per heavy atom. The SMILES string of the molecule is O=C(O)C1=NOC(c2ccccc2O)C1. The third-order valence-electron chi connectivity index (χ3n) is 2.20. The summed E-state index contributed by atoms with van der Waals surface area (Å²) in [5.74, 6) is -1.00. The normalized spacial score (nSPS) is 19.5. The Kier molecular flexibility index (Phi) is 2.29. The zero-order valence-corrected chi connectivity index (χ0v) is 7.75. The van der Waals surface area contributed by atoms with Crippen LogP contribution in [0.1, 0.15) is 18.1 Å². The lowest BCUT2D eigenvalue weighted by atomic mass is 10.0. The number of aliphatic carboxylic acids is 1. The molecule has 2 rings (SSSR count). The zero-order chi connectivity index (χ0) is 10.8. The van der Waals surface area contributed by atoms with Gasteiger partial charge in [-0.1, -0.05) is 23.4 Å². The van der Waals surface area contributed by atoms with Crippen LogP contribution in [0, 0.1) is 0 Å². The summed E-state index contributed by atoms with van der Waals surface area (Å²) < 4.78 is 0. The Balaban J connectivity index is 2.17. The Morgan fingerprint density at radius 2 is 2.20 bits per heavy atom. The van der Waals surface area contributed by atoms with Crippen molar-refractivity contribution in [2.24, 2.45) is 5.16 Å². The molecule has 0 saturated carbocycles. The predicted octanol–water partition coefficient (Wildman–Crippen LogP) is 1.29. The number of aromatic hydroxyl groups is 1. The van der Waals surface area contributed by atoms with Gasteiger partial charge in [-0.15, -0.1) is 0 Å². The third-order valence-corrected chi connectivity index (χ3v) is 2.20. The largest absolute Gasteiger partial charge is 0.508 e. The first-order valence-electron chi connectivity index (χ1n) is 4.42. The van der Waals surface area contributed by atoms with Gasteiger partial charge in [-0.3, -0.25) is 0 Å². The van der Waals surface area contributed by atoms with Gasteiger partial charge in [-0.05, 0) is 6.07 Å². The Morgan fingerprint density at radius 1 is 1.47 bits per heavy atom. The van der Waals surface area contributed by atoms with Crippen molar-refractivity contribution in [3.05, 3.63) is 29.8 Å². The zero-order valence-electron chi connectivity index (χ0n) is 7.75. The van der Waals surface area contributed by atoms with Gasteiger partial charge in [0.05, 0.1) is 0 Å². The second kappa shape index (κ2) is 3.61.